The standard InChI is InChI=1S/C21H25ClFN5O2S/c1-3-29-19-12-16(13-24-9-4-10-31-21-25-26-27-28(21)2)11-18(22)20(19)30-14-15-5-7-17(23)8-6-15/h5-8,11-12,24H,3-4,9-10,13-14H2,1-2H3. The lowest BCUT2D eigenvalue weighted by atomic mass is 10.2. The first-order chi connectivity index (χ1) is 15.1. The van der Waals surface area contributed by atoms with E-state index in [2.05, 4.69) is 20.8 Å². The summed E-state index contributed by atoms with van der Waals surface area (Å²) in [7, 11) is 1.83. The third-order valence-electron chi connectivity index (χ3n) is 4.31. The second kappa shape index (κ2) is 11.9. The molecule has 0 spiro atoms. The Morgan fingerprint density at radius 1 is 1.16 bits per heavy atom. The van der Waals surface area contributed by atoms with Gasteiger partial charge >= 0.3 is 0 Å². The molecule has 1 heterocycles. The summed E-state index contributed by atoms with van der Waals surface area (Å²) in [5, 5.41) is 16.1. The van der Waals surface area contributed by atoms with Crippen molar-refractivity contribution in [2.24, 2.45) is 7.05 Å². The molecule has 3 aromatic rings. The van der Waals surface area contributed by atoms with Crippen molar-refractivity contribution in [2.75, 3.05) is 18.9 Å². The lowest BCUT2D eigenvalue weighted by molar-refractivity contribution is 0.269. The fourth-order valence-corrected chi connectivity index (χ4v) is 3.88. The largest absolute Gasteiger partial charge is 0.490 e. The molecule has 0 aliphatic rings. The molecule has 2 aromatic carbocycles. The first-order valence-corrected chi connectivity index (χ1v) is 11.3. The minimum absolute atomic E-state index is 0.274. The molecule has 10 heteroatoms. The van der Waals surface area contributed by atoms with E-state index in [0.29, 0.717) is 29.7 Å². The zero-order valence-corrected chi connectivity index (χ0v) is 19.0. The molecule has 0 bridgehead atoms. The van der Waals surface area contributed by atoms with Crippen molar-refractivity contribution < 1.29 is 13.9 Å². The molecule has 0 aliphatic carbocycles. The molecule has 0 radical (unpaired) electrons. The second-order valence-corrected chi connectivity index (χ2v) is 8.19. The monoisotopic (exact) mass is 465 g/mol. The molecule has 0 aliphatic heterocycles. The Balaban J connectivity index is 1.51. The topological polar surface area (TPSA) is 74.1 Å². The number of thioether (sulfide) groups is 1. The number of aromatic nitrogens is 4. The highest BCUT2D eigenvalue weighted by atomic mass is 35.5. The van der Waals surface area contributed by atoms with Crippen LogP contribution in [-0.4, -0.2) is 39.1 Å². The van der Waals surface area contributed by atoms with Gasteiger partial charge in [0.15, 0.2) is 11.5 Å². The summed E-state index contributed by atoms with van der Waals surface area (Å²) in [5.74, 6) is 1.73. The third-order valence-corrected chi connectivity index (χ3v) is 5.68. The van der Waals surface area contributed by atoms with Crippen molar-refractivity contribution in [2.45, 2.75) is 31.7 Å². The number of halogens is 2. The van der Waals surface area contributed by atoms with Crippen LogP contribution in [-0.2, 0) is 20.2 Å². The Hall–Kier alpha value is -2.36. The Labute approximate surface area is 190 Å². The van der Waals surface area contributed by atoms with E-state index in [1.807, 2.05) is 26.1 Å². The van der Waals surface area contributed by atoms with Crippen LogP contribution in [0.5, 0.6) is 11.5 Å². The van der Waals surface area contributed by atoms with Crippen molar-refractivity contribution in [1.82, 2.24) is 25.5 Å². The van der Waals surface area contributed by atoms with Crippen LogP contribution in [0.1, 0.15) is 24.5 Å². The van der Waals surface area contributed by atoms with E-state index in [1.165, 1.54) is 12.1 Å². The lowest BCUT2D eigenvalue weighted by Gasteiger charge is -2.16. The summed E-state index contributed by atoms with van der Waals surface area (Å²) in [6.07, 6.45) is 0.975. The van der Waals surface area contributed by atoms with Gasteiger partial charge in [0.05, 0.1) is 11.6 Å². The van der Waals surface area contributed by atoms with Gasteiger partial charge in [0.1, 0.15) is 12.4 Å². The van der Waals surface area contributed by atoms with Crippen molar-refractivity contribution in [3.8, 4) is 11.5 Å². The van der Waals surface area contributed by atoms with Gasteiger partial charge in [-0.15, -0.1) is 5.10 Å². The SMILES string of the molecule is CCOc1cc(CNCCCSc2nnnn2C)cc(Cl)c1OCc1ccc(F)cc1. The Kier molecular flexibility index (Phi) is 8.93. The van der Waals surface area contributed by atoms with Gasteiger partial charge in [-0.1, -0.05) is 35.5 Å². The molecule has 0 amide bonds. The van der Waals surface area contributed by atoms with Gasteiger partial charge in [-0.2, -0.15) is 0 Å². The average Bonchev–Trinajstić information content (AvgIpc) is 3.16. The zero-order chi connectivity index (χ0) is 22.1. The van der Waals surface area contributed by atoms with Gasteiger partial charge in [0.25, 0.3) is 0 Å². The van der Waals surface area contributed by atoms with Crippen LogP contribution < -0.4 is 14.8 Å². The van der Waals surface area contributed by atoms with Crippen LogP contribution in [0.2, 0.25) is 5.02 Å². The van der Waals surface area contributed by atoms with Crippen molar-refractivity contribution >= 4 is 23.4 Å². The van der Waals surface area contributed by atoms with Crippen molar-refractivity contribution in [3.63, 3.8) is 0 Å². The minimum atomic E-state index is -0.280. The summed E-state index contributed by atoms with van der Waals surface area (Å²) in [5.41, 5.74) is 1.85. The molecule has 7 nitrogen and oxygen atoms in total. The average molecular weight is 466 g/mol. The third kappa shape index (κ3) is 7.09. The van der Waals surface area contributed by atoms with E-state index < -0.39 is 0 Å². The van der Waals surface area contributed by atoms with Gasteiger partial charge in [0.2, 0.25) is 5.16 Å². The number of ether oxygens (including phenoxy) is 2. The quantitative estimate of drug-likeness (QED) is 0.316. The predicted octanol–water partition coefficient (Wildman–Crippen LogP) is 4.25. The highest BCUT2D eigenvalue weighted by molar-refractivity contribution is 7.99. The Morgan fingerprint density at radius 2 is 1.97 bits per heavy atom. The maximum Gasteiger partial charge on any atom is 0.209 e. The first-order valence-electron chi connectivity index (χ1n) is 9.95. The van der Waals surface area contributed by atoms with E-state index in [-0.39, 0.29) is 12.4 Å². The maximum atomic E-state index is 13.1. The van der Waals surface area contributed by atoms with E-state index in [0.717, 1.165) is 35.0 Å². The first kappa shape index (κ1) is 23.3. The molecular weight excluding hydrogens is 441 g/mol. The van der Waals surface area contributed by atoms with Crippen LogP contribution >= 0.6 is 23.4 Å². The predicted molar refractivity (Wildman–Crippen MR) is 119 cm³/mol. The second-order valence-electron chi connectivity index (χ2n) is 6.72. The van der Waals surface area contributed by atoms with E-state index in [4.69, 9.17) is 21.1 Å². The van der Waals surface area contributed by atoms with E-state index in [1.54, 1.807) is 28.6 Å². The summed E-state index contributed by atoms with van der Waals surface area (Å²) in [6, 6.07) is 9.98. The van der Waals surface area contributed by atoms with Gasteiger partial charge in [-0.25, -0.2) is 9.07 Å². The molecule has 0 fully saturated rings. The fraction of sp³-hybridized carbons (Fsp3) is 0.381. The summed E-state index contributed by atoms with van der Waals surface area (Å²) in [6.45, 7) is 4.19. The molecule has 1 N–H and O–H groups in total. The molecule has 0 atom stereocenters. The number of rotatable bonds is 12. The number of nitrogens with zero attached hydrogens (tertiary/aromatic N) is 4. The van der Waals surface area contributed by atoms with E-state index in [9.17, 15) is 4.39 Å². The smallest absolute Gasteiger partial charge is 0.209 e. The molecule has 166 valence electrons. The number of benzene rings is 2. The highest BCUT2D eigenvalue weighted by Crippen LogP contribution is 2.37. The van der Waals surface area contributed by atoms with Crippen LogP contribution in [0.15, 0.2) is 41.6 Å². The van der Waals surface area contributed by atoms with Crippen molar-refractivity contribution in [3.05, 3.63) is 58.4 Å². The highest BCUT2D eigenvalue weighted by Gasteiger charge is 2.13. The molecule has 0 saturated heterocycles. The fourth-order valence-electron chi connectivity index (χ4n) is 2.80. The van der Waals surface area contributed by atoms with Gasteiger partial charge < -0.3 is 14.8 Å². The number of hydrogen-bond acceptors (Lipinski definition) is 7. The normalized spacial score (nSPS) is 11.0. The minimum Gasteiger partial charge on any atom is -0.490 e. The van der Waals surface area contributed by atoms with Gasteiger partial charge in [-0.3, -0.25) is 0 Å². The zero-order valence-electron chi connectivity index (χ0n) is 17.5. The van der Waals surface area contributed by atoms with E-state index >= 15 is 0 Å². The van der Waals surface area contributed by atoms with Gasteiger partial charge in [0, 0.05) is 19.3 Å². The molecular formula is C21H25ClFN5O2S. The maximum absolute atomic E-state index is 13.1. The summed E-state index contributed by atoms with van der Waals surface area (Å²) >= 11 is 8.11. The molecule has 3 rings (SSSR count). The summed E-state index contributed by atoms with van der Waals surface area (Å²) in [4.78, 5) is 0. The number of nitrogens with one attached hydrogen (secondary N) is 1. The Morgan fingerprint density at radius 3 is 2.68 bits per heavy atom. The summed E-state index contributed by atoms with van der Waals surface area (Å²) < 4.78 is 26.4. The molecule has 0 saturated carbocycles. The molecule has 1 aromatic heterocycles. The van der Waals surface area contributed by atoms with Crippen LogP contribution in [0.25, 0.3) is 0 Å². The van der Waals surface area contributed by atoms with Crippen LogP contribution in [0.3, 0.4) is 0 Å². The molecule has 0 unspecified atom stereocenters. The van der Waals surface area contributed by atoms with Crippen LogP contribution in [0, 0.1) is 5.82 Å². The Bertz CT molecular complexity index is 971. The number of aryl methyl sites for hydroxylation is 1. The van der Waals surface area contributed by atoms with Crippen molar-refractivity contribution in [1.29, 1.82) is 0 Å². The number of hydrogen-bond donors (Lipinski definition) is 1. The van der Waals surface area contributed by atoms with Crippen LogP contribution in [0.4, 0.5) is 4.39 Å². The van der Waals surface area contributed by atoms with Gasteiger partial charge in [-0.05, 0) is 65.7 Å². The molecule has 31 heavy (non-hydrogen) atoms. The lowest BCUT2D eigenvalue weighted by Crippen LogP contribution is -2.15. The number of tetrazole rings is 1.